The third-order valence-electron chi connectivity index (χ3n) is 2.09. The molecular weight excluding hydrogens is 176 g/mol. The summed E-state index contributed by atoms with van der Waals surface area (Å²) < 4.78 is 0. The van der Waals surface area contributed by atoms with Crippen LogP contribution in [0.4, 0.5) is 10.5 Å². The average Bonchev–Trinajstić information content (AvgIpc) is 2.01. The van der Waals surface area contributed by atoms with Crippen LogP contribution in [0.25, 0.3) is 0 Å². The van der Waals surface area contributed by atoms with Gasteiger partial charge in [-0.1, -0.05) is 26.0 Å². The van der Waals surface area contributed by atoms with Crippen LogP contribution in [-0.2, 0) is 0 Å². The van der Waals surface area contributed by atoms with Crippen LogP contribution in [0.2, 0.25) is 0 Å². The molecule has 0 aliphatic rings. The number of hydrogen-bond donors (Lipinski definition) is 2. The van der Waals surface area contributed by atoms with Gasteiger partial charge in [-0.3, -0.25) is 0 Å². The second-order valence-electron chi connectivity index (χ2n) is 3.73. The molecule has 0 aliphatic heterocycles. The number of carbonyl (C=O) groups is 1. The number of rotatable bonds is 2. The van der Waals surface area contributed by atoms with Crippen LogP contribution in [0, 0.1) is 6.92 Å². The van der Waals surface area contributed by atoms with Crippen molar-refractivity contribution in [1.82, 2.24) is 0 Å². The zero-order chi connectivity index (χ0) is 10.7. The molecule has 0 aromatic heterocycles. The number of nitrogens with two attached hydrogens (primary N) is 1. The first-order valence-corrected chi connectivity index (χ1v) is 4.67. The Hall–Kier alpha value is -1.51. The molecule has 0 heterocycles. The molecular formula is C11H16N2O. The summed E-state index contributed by atoms with van der Waals surface area (Å²) in [5.41, 5.74) is 8.12. The third kappa shape index (κ3) is 2.49. The summed E-state index contributed by atoms with van der Waals surface area (Å²) in [6.45, 7) is 6.14. The van der Waals surface area contributed by atoms with Gasteiger partial charge in [-0.15, -0.1) is 0 Å². The number of benzene rings is 1. The largest absolute Gasteiger partial charge is 0.351 e. The highest BCUT2D eigenvalue weighted by molar-refractivity contribution is 5.89. The normalized spacial score (nSPS) is 10.3. The van der Waals surface area contributed by atoms with Crippen molar-refractivity contribution in [2.45, 2.75) is 26.7 Å². The number of hydrogen-bond acceptors (Lipinski definition) is 1. The van der Waals surface area contributed by atoms with Gasteiger partial charge in [0, 0.05) is 5.69 Å². The molecule has 1 aromatic carbocycles. The van der Waals surface area contributed by atoms with Crippen molar-refractivity contribution in [3.63, 3.8) is 0 Å². The highest BCUT2D eigenvalue weighted by Crippen LogP contribution is 2.24. The summed E-state index contributed by atoms with van der Waals surface area (Å²) >= 11 is 0. The van der Waals surface area contributed by atoms with Gasteiger partial charge in [-0.25, -0.2) is 4.79 Å². The number of amides is 2. The lowest BCUT2D eigenvalue weighted by Crippen LogP contribution is -2.20. The second-order valence-corrected chi connectivity index (χ2v) is 3.73. The minimum Gasteiger partial charge on any atom is -0.351 e. The van der Waals surface area contributed by atoms with Crippen LogP contribution in [0.1, 0.15) is 30.9 Å². The van der Waals surface area contributed by atoms with E-state index in [2.05, 4.69) is 19.2 Å². The smallest absolute Gasteiger partial charge is 0.316 e. The van der Waals surface area contributed by atoms with Gasteiger partial charge in [0.15, 0.2) is 0 Å². The topological polar surface area (TPSA) is 55.1 Å². The Kier molecular flexibility index (Phi) is 3.12. The molecule has 3 heteroatoms. The van der Waals surface area contributed by atoms with E-state index in [0.29, 0.717) is 5.92 Å². The zero-order valence-corrected chi connectivity index (χ0v) is 8.79. The van der Waals surface area contributed by atoms with E-state index in [1.165, 1.54) is 0 Å². The van der Waals surface area contributed by atoms with E-state index in [0.717, 1.165) is 16.8 Å². The van der Waals surface area contributed by atoms with E-state index in [9.17, 15) is 4.79 Å². The van der Waals surface area contributed by atoms with E-state index in [4.69, 9.17) is 5.73 Å². The van der Waals surface area contributed by atoms with Crippen molar-refractivity contribution in [1.29, 1.82) is 0 Å². The fraction of sp³-hybridized carbons (Fsp3) is 0.364. The summed E-state index contributed by atoms with van der Waals surface area (Å²) in [4.78, 5) is 10.8. The SMILES string of the molecule is Cc1ccc(C(C)C)c(NC(N)=O)c1. The fourth-order valence-corrected chi connectivity index (χ4v) is 1.41. The maximum atomic E-state index is 10.8. The first-order chi connectivity index (χ1) is 6.50. The van der Waals surface area contributed by atoms with Gasteiger partial charge in [0.25, 0.3) is 0 Å². The van der Waals surface area contributed by atoms with E-state index in [1.807, 2.05) is 25.1 Å². The molecule has 1 aromatic rings. The molecule has 2 amide bonds. The lowest BCUT2D eigenvalue weighted by molar-refractivity contribution is 0.259. The van der Waals surface area contributed by atoms with Crippen molar-refractivity contribution in [2.24, 2.45) is 5.73 Å². The molecule has 3 N–H and O–H groups in total. The minimum absolute atomic E-state index is 0.373. The Morgan fingerprint density at radius 1 is 1.43 bits per heavy atom. The minimum atomic E-state index is -0.516. The molecule has 0 saturated heterocycles. The van der Waals surface area contributed by atoms with E-state index < -0.39 is 6.03 Å². The van der Waals surface area contributed by atoms with Crippen LogP contribution < -0.4 is 11.1 Å². The van der Waals surface area contributed by atoms with Crippen LogP contribution in [0.3, 0.4) is 0 Å². The highest BCUT2D eigenvalue weighted by Gasteiger charge is 2.07. The quantitative estimate of drug-likeness (QED) is 0.743. The van der Waals surface area contributed by atoms with Crippen molar-refractivity contribution in [3.05, 3.63) is 29.3 Å². The van der Waals surface area contributed by atoms with Crippen LogP contribution >= 0.6 is 0 Å². The standard InChI is InChI=1S/C11H16N2O/c1-7(2)9-5-4-8(3)6-10(9)13-11(12)14/h4-7H,1-3H3,(H3,12,13,14). The molecule has 0 spiro atoms. The van der Waals surface area contributed by atoms with Crippen molar-refractivity contribution >= 4 is 11.7 Å². The van der Waals surface area contributed by atoms with E-state index >= 15 is 0 Å². The molecule has 1 rings (SSSR count). The van der Waals surface area contributed by atoms with Crippen molar-refractivity contribution < 1.29 is 4.79 Å². The maximum Gasteiger partial charge on any atom is 0.316 e. The second kappa shape index (κ2) is 4.13. The van der Waals surface area contributed by atoms with Gasteiger partial charge >= 0.3 is 6.03 Å². The molecule has 0 saturated carbocycles. The molecule has 76 valence electrons. The third-order valence-corrected chi connectivity index (χ3v) is 2.09. The molecule has 0 radical (unpaired) electrons. The number of aryl methyl sites for hydroxylation is 1. The molecule has 0 atom stereocenters. The lowest BCUT2D eigenvalue weighted by atomic mass is 9.99. The van der Waals surface area contributed by atoms with Crippen LogP contribution in [-0.4, -0.2) is 6.03 Å². The van der Waals surface area contributed by atoms with Gasteiger partial charge in [-0.05, 0) is 30.0 Å². The summed E-state index contributed by atoms with van der Waals surface area (Å²) in [6.07, 6.45) is 0. The maximum absolute atomic E-state index is 10.8. The average molecular weight is 192 g/mol. The van der Waals surface area contributed by atoms with Gasteiger partial charge in [0.05, 0.1) is 0 Å². The van der Waals surface area contributed by atoms with Crippen LogP contribution in [0.15, 0.2) is 18.2 Å². The number of carbonyl (C=O) groups excluding carboxylic acids is 1. The number of primary amides is 1. The monoisotopic (exact) mass is 192 g/mol. The Balaban J connectivity index is 3.09. The van der Waals surface area contributed by atoms with Gasteiger partial charge in [-0.2, -0.15) is 0 Å². The molecule has 0 bridgehead atoms. The first-order valence-electron chi connectivity index (χ1n) is 4.67. The molecule has 14 heavy (non-hydrogen) atoms. The molecule has 0 fully saturated rings. The fourth-order valence-electron chi connectivity index (χ4n) is 1.41. The Labute approximate surface area is 84.3 Å². The van der Waals surface area contributed by atoms with Crippen molar-refractivity contribution in [3.8, 4) is 0 Å². The Bertz CT molecular complexity index is 345. The predicted molar refractivity (Wildman–Crippen MR) is 58.5 cm³/mol. The summed E-state index contributed by atoms with van der Waals surface area (Å²) in [5.74, 6) is 0.373. The highest BCUT2D eigenvalue weighted by atomic mass is 16.2. The number of nitrogens with one attached hydrogen (secondary N) is 1. The predicted octanol–water partition coefficient (Wildman–Crippen LogP) is 2.61. The van der Waals surface area contributed by atoms with Crippen LogP contribution in [0.5, 0.6) is 0 Å². The first kappa shape index (κ1) is 10.6. The van der Waals surface area contributed by atoms with Gasteiger partial charge < -0.3 is 11.1 Å². The summed E-state index contributed by atoms with van der Waals surface area (Å²) in [5, 5.41) is 2.63. The number of urea groups is 1. The van der Waals surface area contributed by atoms with Gasteiger partial charge in [0.2, 0.25) is 0 Å². The molecule has 0 unspecified atom stereocenters. The Morgan fingerprint density at radius 3 is 2.57 bits per heavy atom. The molecule has 0 aliphatic carbocycles. The summed E-state index contributed by atoms with van der Waals surface area (Å²) in [6, 6.07) is 5.46. The Morgan fingerprint density at radius 2 is 2.07 bits per heavy atom. The zero-order valence-electron chi connectivity index (χ0n) is 8.79. The lowest BCUT2D eigenvalue weighted by Gasteiger charge is -2.13. The summed E-state index contributed by atoms with van der Waals surface area (Å²) in [7, 11) is 0. The molecule has 3 nitrogen and oxygen atoms in total. The van der Waals surface area contributed by atoms with E-state index in [1.54, 1.807) is 0 Å². The number of anilines is 1. The van der Waals surface area contributed by atoms with Crippen molar-refractivity contribution in [2.75, 3.05) is 5.32 Å². The van der Waals surface area contributed by atoms with Gasteiger partial charge in [0.1, 0.15) is 0 Å². The van der Waals surface area contributed by atoms with E-state index in [-0.39, 0.29) is 0 Å².